The zero-order chi connectivity index (χ0) is 18.6. The van der Waals surface area contributed by atoms with Gasteiger partial charge in [-0.05, 0) is 30.7 Å². The Balaban J connectivity index is 1.56. The molecule has 3 aromatic rings. The number of carbonyl (C=O) groups is 1. The summed E-state index contributed by atoms with van der Waals surface area (Å²) in [6, 6.07) is 20.3. The number of thioether (sulfide) groups is 1. The van der Waals surface area contributed by atoms with Crippen molar-refractivity contribution in [2.24, 2.45) is 0 Å². The van der Waals surface area contributed by atoms with Crippen molar-refractivity contribution in [3.05, 3.63) is 84.2 Å². The van der Waals surface area contributed by atoms with Crippen LogP contribution in [0.15, 0.2) is 73.1 Å². The molecule has 0 unspecified atom stereocenters. The van der Waals surface area contributed by atoms with E-state index in [0.29, 0.717) is 18.9 Å². The van der Waals surface area contributed by atoms with Crippen molar-refractivity contribution < 1.29 is 9.53 Å². The minimum absolute atomic E-state index is 0.0500. The van der Waals surface area contributed by atoms with Crippen LogP contribution in [0.1, 0.15) is 23.4 Å². The van der Waals surface area contributed by atoms with E-state index in [1.807, 2.05) is 54.4 Å². The number of aromatic nitrogens is 1. The van der Waals surface area contributed by atoms with Crippen molar-refractivity contribution in [2.75, 3.05) is 12.4 Å². The zero-order valence-corrected chi connectivity index (χ0v) is 16.1. The van der Waals surface area contributed by atoms with Crippen molar-refractivity contribution in [3.8, 4) is 11.4 Å². The molecule has 1 fully saturated rings. The molecule has 0 saturated carbocycles. The lowest BCUT2D eigenvalue weighted by Crippen LogP contribution is -2.27. The van der Waals surface area contributed by atoms with Crippen LogP contribution in [-0.2, 0) is 11.3 Å². The second-order valence-corrected chi connectivity index (χ2v) is 7.52. The fourth-order valence-electron chi connectivity index (χ4n) is 3.30. The number of ether oxygens (including phenoxy) is 1. The molecule has 1 atom stereocenters. The molecular weight excluding hydrogens is 356 g/mol. The highest BCUT2D eigenvalue weighted by Crippen LogP contribution is 2.40. The Morgan fingerprint density at radius 1 is 1.11 bits per heavy atom. The highest BCUT2D eigenvalue weighted by Gasteiger charge is 2.33. The van der Waals surface area contributed by atoms with E-state index in [1.54, 1.807) is 11.8 Å². The molecule has 1 aliphatic heterocycles. The van der Waals surface area contributed by atoms with E-state index in [0.717, 1.165) is 22.6 Å². The summed E-state index contributed by atoms with van der Waals surface area (Å²) in [6.07, 6.45) is 4.16. The van der Waals surface area contributed by atoms with Gasteiger partial charge in [-0.15, -0.1) is 11.8 Å². The molecule has 0 bridgehead atoms. The molecule has 4 nitrogen and oxygen atoms in total. The van der Waals surface area contributed by atoms with Crippen molar-refractivity contribution in [1.82, 2.24) is 9.47 Å². The molecule has 5 heteroatoms. The molecule has 1 amide bonds. The van der Waals surface area contributed by atoms with E-state index in [4.69, 9.17) is 4.74 Å². The van der Waals surface area contributed by atoms with Gasteiger partial charge >= 0.3 is 0 Å². The van der Waals surface area contributed by atoms with Crippen LogP contribution in [0.3, 0.4) is 0 Å². The van der Waals surface area contributed by atoms with Gasteiger partial charge in [0.15, 0.2) is 0 Å². The molecule has 0 radical (unpaired) electrons. The van der Waals surface area contributed by atoms with E-state index in [-0.39, 0.29) is 11.3 Å². The van der Waals surface area contributed by atoms with Gasteiger partial charge in [0, 0.05) is 36.3 Å². The third kappa shape index (κ3) is 3.88. The Morgan fingerprint density at radius 2 is 1.96 bits per heavy atom. The number of hydrogen-bond acceptors (Lipinski definition) is 3. The Labute approximate surface area is 163 Å². The van der Waals surface area contributed by atoms with Crippen LogP contribution < -0.4 is 4.74 Å². The van der Waals surface area contributed by atoms with Gasteiger partial charge in [-0.2, -0.15) is 0 Å². The molecule has 2 heterocycles. The molecular formula is C22H22N2O2S. The highest BCUT2D eigenvalue weighted by atomic mass is 32.2. The molecule has 138 valence electrons. The van der Waals surface area contributed by atoms with Gasteiger partial charge in [0.2, 0.25) is 5.91 Å². The first-order valence-electron chi connectivity index (χ1n) is 9.10. The van der Waals surface area contributed by atoms with Gasteiger partial charge in [-0.1, -0.05) is 36.4 Å². The highest BCUT2D eigenvalue weighted by molar-refractivity contribution is 8.00. The Bertz CT molecular complexity index is 923. The molecule has 0 N–H and O–H groups in total. The predicted octanol–water partition coefficient (Wildman–Crippen LogP) is 4.65. The maximum atomic E-state index is 12.4. The van der Waals surface area contributed by atoms with E-state index in [2.05, 4.69) is 35.0 Å². The topological polar surface area (TPSA) is 34.5 Å². The quantitative estimate of drug-likeness (QED) is 0.626. The summed E-state index contributed by atoms with van der Waals surface area (Å²) in [6.45, 7) is 3.27. The van der Waals surface area contributed by atoms with Crippen LogP contribution in [0.2, 0.25) is 0 Å². The normalized spacial score (nSPS) is 16.7. The lowest BCUT2D eigenvalue weighted by molar-refractivity contribution is -0.128. The third-order valence-corrected chi connectivity index (χ3v) is 5.85. The standard InChI is InChI=1S/C22H22N2O2S/c1-2-26-20-10-6-9-19(13-20)23-12-11-18(15-23)22-24(21(25)16-27-22)14-17-7-4-3-5-8-17/h3-13,15,22H,2,14,16H2,1H3/t22-/m1/s1. The number of rotatable bonds is 6. The van der Waals surface area contributed by atoms with Gasteiger partial charge in [-0.3, -0.25) is 4.79 Å². The molecule has 4 rings (SSSR count). The van der Waals surface area contributed by atoms with E-state index in [9.17, 15) is 4.79 Å². The van der Waals surface area contributed by atoms with E-state index >= 15 is 0 Å². The average Bonchev–Trinajstić information content (AvgIpc) is 3.31. The number of carbonyl (C=O) groups excluding carboxylic acids is 1. The Hall–Kier alpha value is -2.66. The molecule has 1 aliphatic rings. The van der Waals surface area contributed by atoms with E-state index in [1.165, 1.54) is 0 Å². The first kappa shape index (κ1) is 17.7. The van der Waals surface area contributed by atoms with Gasteiger partial charge in [-0.25, -0.2) is 0 Å². The zero-order valence-electron chi connectivity index (χ0n) is 15.2. The van der Waals surface area contributed by atoms with Gasteiger partial charge < -0.3 is 14.2 Å². The fraction of sp³-hybridized carbons (Fsp3) is 0.227. The average molecular weight is 378 g/mol. The summed E-state index contributed by atoms with van der Waals surface area (Å²) in [7, 11) is 0. The number of hydrogen-bond donors (Lipinski definition) is 0. The van der Waals surface area contributed by atoms with Crippen LogP contribution >= 0.6 is 11.8 Å². The number of benzene rings is 2. The van der Waals surface area contributed by atoms with Crippen LogP contribution in [0.4, 0.5) is 0 Å². The third-order valence-electron chi connectivity index (χ3n) is 4.59. The molecule has 1 aromatic heterocycles. The Kier molecular flexibility index (Phi) is 5.21. The van der Waals surface area contributed by atoms with Crippen LogP contribution in [-0.4, -0.2) is 27.7 Å². The van der Waals surface area contributed by atoms with Crippen LogP contribution in [0.5, 0.6) is 5.75 Å². The number of amides is 1. The van der Waals surface area contributed by atoms with Crippen LogP contribution in [0.25, 0.3) is 5.69 Å². The van der Waals surface area contributed by atoms with Gasteiger partial charge in [0.25, 0.3) is 0 Å². The summed E-state index contributed by atoms with van der Waals surface area (Å²) in [5, 5.41) is 0.0500. The summed E-state index contributed by atoms with van der Waals surface area (Å²) in [4.78, 5) is 14.4. The van der Waals surface area contributed by atoms with Crippen LogP contribution in [0, 0.1) is 0 Å². The van der Waals surface area contributed by atoms with Crippen molar-refractivity contribution in [1.29, 1.82) is 0 Å². The molecule has 0 aliphatic carbocycles. The van der Waals surface area contributed by atoms with Crippen molar-refractivity contribution >= 4 is 17.7 Å². The SMILES string of the molecule is CCOc1cccc(-n2ccc([C@H]3SCC(=O)N3Cc3ccccc3)c2)c1. The monoisotopic (exact) mass is 378 g/mol. The predicted molar refractivity (Wildman–Crippen MR) is 109 cm³/mol. The summed E-state index contributed by atoms with van der Waals surface area (Å²) < 4.78 is 7.69. The summed E-state index contributed by atoms with van der Waals surface area (Å²) in [5.74, 6) is 1.59. The van der Waals surface area contributed by atoms with Crippen molar-refractivity contribution in [2.45, 2.75) is 18.8 Å². The van der Waals surface area contributed by atoms with Gasteiger partial charge in [0.1, 0.15) is 11.1 Å². The maximum absolute atomic E-state index is 12.4. The second-order valence-electron chi connectivity index (χ2n) is 6.45. The summed E-state index contributed by atoms with van der Waals surface area (Å²) in [5.41, 5.74) is 3.35. The second kappa shape index (κ2) is 7.92. The minimum Gasteiger partial charge on any atom is -0.494 e. The number of nitrogens with zero attached hydrogens (tertiary/aromatic N) is 2. The largest absolute Gasteiger partial charge is 0.494 e. The molecule has 2 aromatic carbocycles. The first-order chi connectivity index (χ1) is 13.2. The minimum atomic E-state index is 0.0500. The lowest BCUT2D eigenvalue weighted by Gasteiger charge is -2.23. The van der Waals surface area contributed by atoms with E-state index < -0.39 is 0 Å². The Morgan fingerprint density at radius 3 is 2.78 bits per heavy atom. The first-order valence-corrected chi connectivity index (χ1v) is 10.2. The molecule has 1 saturated heterocycles. The maximum Gasteiger partial charge on any atom is 0.234 e. The lowest BCUT2D eigenvalue weighted by atomic mass is 10.2. The van der Waals surface area contributed by atoms with Gasteiger partial charge in [0.05, 0.1) is 12.4 Å². The smallest absolute Gasteiger partial charge is 0.234 e. The van der Waals surface area contributed by atoms with Crippen molar-refractivity contribution in [3.63, 3.8) is 0 Å². The molecule has 27 heavy (non-hydrogen) atoms. The fourth-order valence-corrected chi connectivity index (χ4v) is 4.47. The molecule has 0 spiro atoms. The summed E-state index contributed by atoms with van der Waals surface area (Å²) >= 11 is 1.69.